The number of Topliss-reactive ketones (excluding diaryl/α,β-unsaturated/α-hetero) is 2. The van der Waals surface area contributed by atoms with Gasteiger partial charge >= 0.3 is 0 Å². The minimum absolute atomic E-state index is 0.0140. The molecule has 0 N–H and O–H groups in total. The Balaban J connectivity index is 1.59. The normalized spacial score (nSPS) is 15.3. The van der Waals surface area contributed by atoms with Gasteiger partial charge in [0.25, 0.3) is 0 Å². The lowest BCUT2D eigenvalue weighted by Crippen LogP contribution is -2.35. The molecule has 3 nitrogen and oxygen atoms in total. The van der Waals surface area contributed by atoms with Crippen molar-refractivity contribution in [2.45, 2.75) is 40.2 Å². The molecule has 0 saturated carbocycles. The van der Waals surface area contributed by atoms with Gasteiger partial charge in [0.05, 0.1) is 5.56 Å². The second kappa shape index (κ2) is 8.16. The number of aromatic nitrogens is 1. The first-order valence-electron chi connectivity index (χ1n) is 10.2. The average Bonchev–Trinajstić information content (AvgIpc) is 2.98. The molecule has 3 aromatic rings. The summed E-state index contributed by atoms with van der Waals surface area (Å²) in [5, 5.41) is 0.696. The number of fused-ring (bicyclic) bond motifs is 1. The van der Waals surface area contributed by atoms with E-state index in [0.717, 1.165) is 34.2 Å². The molecular formula is C26H25ClNO2+. The number of carbonyl (C=O) groups is 2. The van der Waals surface area contributed by atoms with E-state index in [-0.39, 0.29) is 17.5 Å². The Morgan fingerprint density at radius 3 is 2.63 bits per heavy atom. The standard InChI is InChI=1S/C26H25ClNO2/c1-16-9-21-13-22(26(30)24(21)10-17(16)2)12-20-7-8-28(15-25(20)18(3)29)14-19-5-4-6-23(27)11-19/h4-11,15,22H,12-14H2,1-3H3/q+1. The lowest BCUT2D eigenvalue weighted by atomic mass is 9.92. The van der Waals surface area contributed by atoms with Crippen LogP contribution in [0.25, 0.3) is 0 Å². The summed E-state index contributed by atoms with van der Waals surface area (Å²) in [4.78, 5) is 25.4. The molecule has 1 aliphatic rings. The number of benzene rings is 2. The van der Waals surface area contributed by atoms with Crippen LogP contribution >= 0.6 is 11.6 Å². The smallest absolute Gasteiger partial charge is 0.180 e. The second-order valence-electron chi connectivity index (χ2n) is 8.31. The third-order valence-corrected chi connectivity index (χ3v) is 6.27. The van der Waals surface area contributed by atoms with Gasteiger partial charge in [0.1, 0.15) is 0 Å². The van der Waals surface area contributed by atoms with Crippen LogP contribution in [0.3, 0.4) is 0 Å². The molecule has 0 aliphatic heterocycles. The number of pyridine rings is 1. The molecule has 0 spiro atoms. The quantitative estimate of drug-likeness (QED) is 0.427. The zero-order valence-electron chi connectivity index (χ0n) is 17.5. The summed E-state index contributed by atoms with van der Waals surface area (Å²) in [6.07, 6.45) is 5.19. The van der Waals surface area contributed by atoms with Gasteiger partial charge in [-0.3, -0.25) is 9.59 Å². The van der Waals surface area contributed by atoms with E-state index in [0.29, 0.717) is 23.6 Å². The molecule has 1 aliphatic carbocycles. The molecule has 30 heavy (non-hydrogen) atoms. The first kappa shape index (κ1) is 20.5. The molecule has 0 saturated heterocycles. The summed E-state index contributed by atoms with van der Waals surface area (Å²) in [6.45, 7) is 6.34. The molecule has 1 heterocycles. The lowest BCUT2D eigenvalue weighted by Gasteiger charge is -2.11. The second-order valence-corrected chi connectivity index (χ2v) is 8.74. The van der Waals surface area contributed by atoms with Crippen molar-refractivity contribution in [1.82, 2.24) is 0 Å². The van der Waals surface area contributed by atoms with Crippen molar-refractivity contribution in [2.75, 3.05) is 0 Å². The Hall–Kier alpha value is -2.78. The molecule has 1 unspecified atom stereocenters. The lowest BCUT2D eigenvalue weighted by molar-refractivity contribution is -0.688. The Morgan fingerprint density at radius 2 is 1.90 bits per heavy atom. The van der Waals surface area contributed by atoms with Crippen LogP contribution in [0.15, 0.2) is 54.9 Å². The highest BCUT2D eigenvalue weighted by molar-refractivity contribution is 6.30. The van der Waals surface area contributed by atoms with E-state index in [1.54, 1.807) is 6.92 Å². The summed E-state index contributed by atoms with van der Waals surface area (Å²) < 4.78 is 1.99. The molecule has 1 atom stereocenters. The maximum atomic E-state index is 13.0. The maximum Gasteiger partial charge on any atom is 0.180 e. The van der Waals surface area contributed by atoms with E-state index in [1.165, 1.54) is 5.56 Å². The first-order valence-corrected chi connectivity index (χ1v) is 10.6. The van der Waals surface area contributed by atoms with Crippen LogP contribution in [0.5, 0.6) is 0 Å². The molecule has 0 fully saturated rings. The summed E-state index contributed by atoms with van der Waals surface area (Å²) in [6, 6.07) is 13.8. The van der Waals surface area contributed by atoms with Crippen molar-refractivity contribution < 1.29 is 14.2 Å². The third-order valence-electron chi connectivity index (χ3n) is 6.03. The van der Waals surface area contributed by atoms with E-state index in [4.69, 9.17) is 11.6 Å². The fourth-order valence-electron chi connectivity index (χ4n) is 4.29. The molecular weight excluding hydrogens is 394 g/mol. The molecule has 152 valence electrons. The first-order chi connectivity index (χ1) is 14.3. The molecule has 0 bridgehead atoms. The van der Waals surface area contributed by atoms with E-state index < -0.39 is 0 Å². The number of carbonyl (C=O) groups excluding carboxylic acids is 2. The molecule has 4 rings (SSSR count). The fourth-order valence-corrected chi connectivity index (χ4v) is 4.50. The number of nitrogens with zero attached hydrogens (tertiary/aromatic N) is 1. The summed E-state index contributed by atoms with van der Waals surface area (Å²) in [5.74, 6) is 0.0985. The largest absolute Gasteiger partial charge is 0.294 e. The van der Waals surface area contributed by atoms with Crippen LogP contribution in [0.4, 0.5) is 0 Å². The van der Waals surface area contributed by atoms with Gasteiger partial charge in [-0.05, 0) is 74.1 Å². The number of aryl methyl sites for hydroxylation is 2. The van der Waals surface area contributed by atoms with Crippen LogP contribution < -0.4 is 4.57 Å². The molecule has 0 amide bonds. The molecule has 1 aromatic heterocycles. The van der Waals surface area contributed by atoms with Crippen LogP contribution in [-0.4, -0.2) is 11.6 Å². The highest BCUT2D eigenvalue weighted by atomic mass is 35.5. The Labute approximate surface area is 182 Å². The monoisotopic (exact) mass is 418 g/mol. The molecule has 4 heteroatoms. The molecule has 2 aromatic carbocycles. The Morgan fingerprint density at radius 1 is 1.13 bits per heavy atom. The van der Waals surface area contributed by atoms with Crippen LogP contribution in [0, 0.1) is 19.8 Å². The highest BCUT2D eigenvalue weighted by Crippen LogP contribution is 2.31. The minimum Gasteiger partial charge on any atom is -0.294 e. The Bertz CT molecular complexity index is 1170. The fraction of sp³-hybridized carbons (Fsp3) is 0.269. The average molecular weight is 419 g/mol. The number of ketones is 2. The Kier molecular flexibility index (Phi) is 5.57. The third kappa shape index (κ3) is 4.08. The van der Waals surface area contributed by atoms with Gasteiger partial charge in [0, 0.05) is 28.1 Å². The SMILES string of the molecule is CC(=O)c1c[n+](Cc2cccc(Cl)c2)ccc1CC1Cc2cc(C)c(C)cc2C1=O. The van der Waals surface area contributed by atoms with Gasteiger partial charge in [0.15, 0.2) is 30.5 Å². The van der Waals surface area contributed by atoms with Crippen molar-refractivity contribution in [3.63, 3.8) is 0 Å². The van der Waals surface area contributed by atoms with Gasteiger partial charge in [-0.25, -0.2) is 4.57 Å². The topological polar surface area (TPSA) is 38.0 Å². The summed E-state index contributed by atoms with van der Waals surface area (Å²) in [7, 11) is 0. The summed E-state index contributed by atoms with van der Waals surface area (Å²) in [5.41, 5.74) is 7.02. The van der Waals surface area contributed by atoms with Gasteiger partial charge in [0.2, 0.25) is 0 Å². The maximum absolute atomic E-state index is 13.0. The van der Waals surface area contributed by atoms with Gasteiger partial charge in [-0.15, -0.1) is 0 Å². The van der Waals surface area contributed by atoms with E-state index >= 15 is 0 Å². The minimum atomic E-state index is -0.108. The van der Waals surface area contributed by atoms with Crippen molar-refractivity contribution in [1.29, 1.82) is 0 Å². The van der Waals surface area contributed by atoms with Gasteiger partial charge in [-0.2, -0.15) is 0 Å². The van der Waals surface area contributed by atoms with Crippen molar-refractivity contribution >= 4 is 23.2 Å². The number of hydrogen-bond acceptors (Lipinski definition) is 2. The predicted molar refractivity (Wildman–Crippen MR) is 118 cm³/mol. The molecule has 0 radical (unpaired) electrons. The van der Waals surface area contributed by atoms with E-state index in [1.807, 2.05) is 60.3 Å². The van der Waals surface area contributed by atoms with Gasteiger partial charge < -0.3 is 0 Å². The van der Waals surface area contributed by atoms with Crippen molar-refractivity contribution in [3.8, 4) is 0 Å². The predicted octanol–water partition coefficient (Wildman–Crippen LogP) is 5.09. The zero-order valence-corrected chi connectivity index (χ0v) is 18.3. The van der Waals surface area contributed by atoms with Crippen LogP contribution in [0.1, 0.15) is 55.5 Å². The van der Waals surface area contributed by atoms with Crippen molar-refractivity contribution in [2.24, 2.45) is 5.92 Å². The van der Waals surface area contributed by atoms with E-state index in [9.17, 15) is 9.59 Å². The number of hydrogen-bond donors (Lipinski definition) is 0. The summed E-state index contributed by atoms with van der Waals surface area (Å²) >= 11 is 6.09. The van der Waals surface area contributed by atoms with Crippen LogP contribution in [-0.2, 0) is 19.4 Å². The highest BCUT2D eigenvalue weighted by Gasteiger charge is 2.32. The number of halogens is 1. The van der Waals surface area contributed by atoms with Gasteiger partial charge in [-0.1, -0.05) is 29.8 Å². The van der Waals surface area contributed by atoms with E-state index in [2.05, 4.69) is 13.0 Å². The number of rotatable bonds is 5. The zero-order chi connectivity index (χ0) is 21.4. The van der Waals surface area contributed by atoms with Crippen molar-refractivity contribution in [3.05, 3.63) is 98.8 Å². The van der Waals surface area contributed by atoms with Crippen LogP contribution in [0.2, 0.25) is 5.02 Å².